The SMILES string of the molecule is NCc1ccnc(N2CCn3c(nnc3C(F)(F)F)C2)c1. The molecule has 9 heteroatoms. The van der Waals surface area contributed by atoms with Crippen LogP contribution in [0.5, 0.6) is 0 Å². The quantitative estimate of drug-likeness (QED) is 0.901. The molecule has 2 aromatic heterocycles. The van der Waals surface area contributed by atoms with Crippen molar-refractivity contribution in [3.05, 3.63) is 35.5 Å². The minimum absolute atomic E-state index is 0.172. The zero-order valence-electron chi connectivity index (χ0n) is 11.0. The number of anilines is 1. The average molecular weight is 298 g/mol. The number of fused-ring (bicyclic) bond motifs is 1. The monoisotopic (exact) mass is 298 g/mol. The Morgan fingerprint density at radius 3 is 2.76 bits per heavy atom. The molecule has 0 fully saturated rings. The molecule has 0 saturated heterocycles. The predicted molar refractivity (Wildman–Crippen MR) is 68.2 cm³/mol. The van der Waals surface area contributed by atoms with Crippen LogP contribution in [0, 0.1) is 0 Å². The molecular weight excluding hydrogens is 285 g/mol. The Kier molecular flexibility index (Phi) is 3.28. The van der Waals surface area contributed by atoms with Crippen LogP contribution in [0.15, 0.2) is 18.3 Å². The van der Waals surface area contributed by atoms with Crippen molar-refractivity contribution in [3.63, 3.8) is 0 Å². The van der Waals surface area contributed by atoms with Gasteiger partial charge in [-0.15, -0.1) is 10.2 Å². The highest BCUT2D eigenvalue weighted by Crippen LogP contribution is 2.30. The van der Waals surface area contributed by atoms with Crippen molar-refractivity contribution in [1.29, 1.82) is 0 Å². The highest BCUT2D eigenvalue weighted by Gasteiger charge is 2.39. The maximum atomic E-state index is 12.8. The Labute approximate surface area is 118 Å². The van der Waals surface area contributed by atoms with Gasteiger partial charge < -0.3 is 15.2 Å². The maximum Gasteiger partial charge on any atom is 0.451 e. The fourth-order valence-corrected chi connectivity index (χ4v) is 2.32. The molecule has 3 heterocycles. The summed E-state index contributed by atoms with van der Waals surface area (Å²) in [6.07, 6.45) is -2.84. The van der Waals surface area contributed by atoms with E-state index in [0.717, 1.165) is 10.1 Å². The van der Waals surface area contributed by atoms with Crippen molar-refractivity contribution in [2.24, 2.45) is 5.73 Å². The molecular formula is C12H13F3N6. The van der Waals surface area contributed by atoms with Crippen LogP contribution < -0.4 is 10.6 Å². The van der Waals surface area contributed by atoms with Crippen molar-refractivity contribution in [2.45, 2.75) is 25.8 Å². The lowest BCUT2D eigenvalue weighted by molar-refractivity contribution is -0.147. The van der Waals surface area contributed by atoms with Gasteiger partial charge >= 0.3 is 6.18 Å². The van der Waals surface area contributed by atoms with Crippen LogP contribution in [0.1, 0.15) is 17.2 Å². The van der Waals surface area contributed by atoms with E-state index in [4.69, 9.17) is 5.73 Å². The molecule has 0 bridgehead atoms. The smallest absolute Gasteiger partial charge is 0.347 e. The van der Waals surface area contributed by atoms with Gasteiger partial charge in [-0.3, -0.25) is 0 Å². The number of hydrogen-bond acceptors (Lipinski definition) is 5. The second kappa shape index (κ2) is 4.99. The lowest BCUT2D eigenvalue weighted by Crippen LogP contribution is -2.35. The highest BCUT2D eigenvalue weighted by atomic mass is 19.4. The molecule has 1 aliphatic heterocycles. The number of hydrogen-bond donors (Lipinski definition) is 1. The number of alkyl halides is 3. The lowest BCUT2D eigenvalue weighted by atomic mass is 10.2. The largest absolute Gasteiger partial charge is 0.451 e. The molecule has 0 spiro atoms. The summed E-state index contributed by atoms with van der Waals surface area (Å²) in [5, 5.41) is 6.89. The normalized spacial score (nSPS) is 15.1. The van der Waals surface area contributed by atoms with Gasteiger partial charge in [0.2, 0.25) is 5.82 Å². The van der Waals surface area contributed by atoms with Gasteiger partial charge in [0.05, 0.1) is 6.54 Å². The summed E-state index contributed by atoms with van der Waals surface area (Å²) in [7, 11) is 0. The molecule has 0 aliphatic carbocycles. The molecule has 2 aromatic rings. The zero-order chi connectivity index (χ0) is 15.0. The molecule has 0 radical (unpaired) electrons. The highest BCUT2D eigenvalue weighted by molar-refractivity contribution is 5.41. The van der Waals surface area contributed by atoms with Crippen molar-refractivity contribution in [3.8, 4) is 0 Å². The Morgan fingerprint density at radius 2 is 2.05 bits per heavy atom. The van der Waals surface area contributed by atoms with Gasteiger partial charge in [-0.25, -0.2) is 4.98 Å². The third-order valence-corrected chi connectivity index (χ3v) is 3.38. The molecule has 6 nitrogen and oxygen atoms in total. The molecule has 0 aromatic carbocycles. The summed E-state index contributed by atoms with van der Waals surface area (Å²) in [5.74, 6) is 0.0232. The number of pyridine rings is 1. The van der Waals surface area contributed by atoms with Crippen LogP contribution in [0.25, 0.3) is 0 Å². The van der Waals surface area contributed by atoms with Gasteiger partial charge in [0, 0.05) is 25.8 Å². The first-order chi connectivity index (χ1) is 9.99. The second-order valence-electron chi connectivity index (χ2n) is 4.74. The predicted octanol–water partition coefficient (Wildman–Crippen LogP) is 1.17. The van der Waals surface area contributed by atoms with Crippen LogP contribution in [-0.4, -0.2) is 26.3 Å². The summed E-state index contributed by atoms with van der Waals surface area (Å²) in [4.78, 5) is 6.09. The van der Waals surface area contributed by atoms with E-state index in [2.05, 4.69) is 15.2 Å². The van der Waals surface area contributed by atoms with Gasteiger partial charge in [-0.2, -0.15) is 13.2 Å². The van der Waals surface area contributed by atoms with E-state index in [1.54, 1.807) is 12.3 Å². The standard InChI is InChI=1S/C12H13F3N6/c13-12(14,15)11-19-18-10-7-20(3-4-21(10)11)9-5-8(6-16)1-2-17-9/h1-2,5H,3-4,6-7,16H2. The first-order valence-corrected chi connectivity index (χ1v) is 6.38. The van der Waals surface area contributed by atoms with Crippen LogP contribution in [0.3, 0.4) is 0 Å². The number of halogens is 3. The molecule has 112 valence electrons. The van der Waals surface area contributed by atoms with Crippen molar-refractivity contribution < 1.29 is 13.2 Å². The van der Waals surface area contributed by atoms with E-state index in [-0.39, 0.29) is 18.9 Å². The van der Waals surface area contributed by atoms with E-state index >= 15 is 0 Å². The van der Waals surface area contributed by atoms with Gasteiger partial charge in [-0.05, 0) is 17.7 Å². The van der Waals surface area contributed by atoms with Crippen LogP contribution in [0.4, 0.5) is 19.0 Å². The van der Waals surface area contributed by atoms with Crippen LogP contribution in [0.2, 0.25) is 0 Å². The summed E-state index contributed by atoms with van der Waals surface area (Å²) in [5.41, 5.74) is 6.50. The minimum Gasteiger partial charge on any atom is -0.347 e. The first kappa shape index (κ1) is 13.8. The van der Waals surface area contributed by atoms with Gasteiger partial charge in [0.15, 0.2) is 5.82 Å². The molecule has 0 unspecified atom stereocenters. The minimum atomic E-state index is -4.48. The molecule has 0 atom stereocenters. The molecule has 3 rings (SSSR count). The molecule has 1 aliphatic rings. The Hall–Kier alpha value is -2.16. The van der Waals surface area contributed by atoms with Crippen LogP contribution >= 0.6 is 0 Å². The van der Waals surface area contributed by atoms with Crippen LogP contribution in [-0.2, 0) is 25.8 Å². The number of nitrogens with zero attached hydrogens (tertiary/aromatic N) is 5. The Bertz CT molecular complexity index is 651. The summed E-state index contributed by atoms with van der Waals surface area (Å²) < 4.78 is 39.4. The van der Waals surface area contributed by atoms with Crippen molar-refractivity contribution >= 4 is 5.82 Å². The topological polar surface area (TPSA) is 72.9 Å². The summed E-state index contributed by atoms with van der Waals surface area (Å²) in [6.45, 7) is 1.21. The van der Waals surface area contributed by atoms with Gasteiger partial charge in [0.1, 0.15) is 5.82 Å². The maximum absolute atomic E-state index is 12.8. The average Bonchev–Trinajstić information content (AvgIpc) is 2.90. The van der Waals surface area contributed by atoms with E-state index < -0.39 is 12.0 Å². The number of aromatic nitrogens is 4. The fourth-order valence-electron chi connectivity index (χ4n) is 2.32. The Morgan fingerprint density at radius 1 is 1.24 bits per heavy atom. The van der Waals surface area contributed by atoms with Crippen molar-refractivity contribution in [2.75, 3.05) is 11.4 Å². The molecule has 0 amide bonds. The third kappa shape index (κ3) is 2.56. The number of rotatable bonds is 2. The van der Waals surface area contributed by atoms with E-state index in [9.17, 15) is 13.2 Å². The zero-order valence-corrected chi connectivity index (χ0v) is 11.0. The lowest BCUT2D eigenvalue weighted by Gasteiger charge is -2.29. The second-order valence-corrected chi connectivity index (χ2v) is 4.74. The third-order valence-electron chi connectivity index (χ3n) is 3.38. The summed E-state index contributed by atoms with van der Waals surface area (Å²) >= 11 is 0. The fraction of sp³-hybridized carbons (Fsp3) is 0.417. The summed E-state index contributed by atoms with van der Waals surface area (Å²) in [6, 6.07) is 3.63. The molecule has 0 saturated carbocycles. The van der Waals surface area contributed by atoms with E-state index in [1.807, 2.05) is 11.0 Å². The van der Waals surface area contributed by atoms with Gasteiger partial charge in [0.25, 0.3) is 0 Å². The number of nitrogens with two attached hydrogens (primary N) is 1. The molecule has 21 heavy (non-hydrogen) atoms. The Balaban J connectivity index is 1.86. The van der Waals surface area contributed by atoms with Crippen molar-refractivity contribution in [1.82, 2.24) is 19.7 Å². The molecule has 2 N–H and O–H groups in total. The van der Waals surface area contributed by atoms with Gasteiger partial charge in [-0.1, -0.05) is 0 Å². The van der Waals surface area contributed by atoms with E-state index in [1.165, 1.54) is 0 Å². The first-order valence-electron chi connectivity index (χ1n) is 6.38. The van der Waals surface area contributed by atoms with E-state index in [0.29, 0.717) is 18.9 Å².